The molecule has 168 valence electrons. The molecule has 4 rings (SSSR count). The van der Waals surface area contributed by atoms with Gasteiger partial charge in [0.05, 0.1) is 35.1 Å². The highest BCUT2D eigenvalue weighted by Gasteiger charge is 2.36. The van der Waals surface area contributed by atoms with Crippen LogP contribution in [-0.2, 0) is 11.3 Å². The van der Waals surface area contributed by atoms with E-state index in [4.69, 9.17) is 32.4 Å². The second-order valence-electron chi connectivity index (χ2n) is 6.81. The Kier molecular flexibility index (Phi) is 6.46. The number of non-ortho nitro benzene ring substituents is 1. The molecule has 0 atom stereocenters. The van der Waals surface area contributed by atoms with Gasteiger partial charge in [0.25, 0.3) is 16.8 Å². The molecule has 0 saturated carbocycles. The van der Waals surface area contributed by atoms with Gasteiger partial charge in [0.1, 0.15) is 17.3 Å². The average molecular weight is 505 g/mol. The molecule has 0 radical (unpaired) electrons. The smallest absolute Gasteiger partial charge is 0.293 e. The highest BCUT2D eigenvalue weighted by atomic mass is 35.5. The molecular weight excluding hydrogens is 491 g/mol. The summed E-state index contributed by atoms with van der Waals surface area (Å²) < 4.78 is 11.0. The first-order valence-corrected chi connectivity index (χ1v) is 11.0. The van der Waals surface area contributed by atoms with E-state index in [0.29, 0.717) is 32.7 Å². The molecule has 0 bridgehead atoms. The third kappa shape index (κ3) is 4.61. The normalized spacial score (nSPS) is 14.9. The minimum atomic E-state index is -0.522. The van der Waals surface area contributed by atoms with Crippen LogP contribution in [0.25, 0.3) is 17.4 Å². The molecule has 2 aromatic carbocycles. The van der Waals surface area contributed by atoms with E-state index in [9.17, 15) is 19.7 Å². The molecule has 1 aliphatic rings. The number of carbonyl (C=O) groups excluding carboxylic acids is 2. The molecule has 1 aromatic heterocycles. The molecule has 1 aliphatic heterocycles. The molecule has 8 nitrogen and oxygen atoms in total. The molecule has 2 heterocycles. The lowest BCUT2D eigenvalue weighted by Gasteiger charge is -2.14. The third-order valence-electron chi connectivity index (χ3n) is 4.81. The van der Waals surface area contributed by atoms with E-state index in [1.165, 1.54) is 31.4 Å². The van der Waals surface area contributed by atoms with E-state index < -0.39 is 16.1 Å². The van der Waals surface area contributed by atoms with Crippen LogP contribution in [0.15, 0.2) is 57.9 Å². The maximum Gasteiger partial charge on any atom is 0.293 e. The Hall–Kier alpha value is -3.27. The first kappa shape index (κ1) is 22.9. The van der Waals surface area contributed by atoms with Gasteiger partial charge in [-0.2, -0.15) is 0 Å². The Labute approximate surface area is 201 Å². The van der Waals surface area contributed by atoms with Crippen molar-refractivity contribution in [2.45, 2.75) is 6.54 Å². The van der Waals surface area contributed by atoms with Gasteiger partial charge in [0, 0.05) is 27.8 Å². The second-order valence-corrected chi connectivity index (χ2v) is 8.62. The predicted molar refractivity (Wildman–Crippen MR) is 125 cm³/mol. The van der Waals surface area contributed by atoms with Gasteiger partial charge in [-0.1, -0.05) is 29.3 Å². The van der Waals surface area contributed by atoms with E-state index in [2.05, 4.69) is 0 Å². The van der Waals surface area contributed by atoms with Crippen LogP contribution < -0.4 is 4.74 Å². The molecule has 0 aliphatic carbocycles. The fraction of sp³-hybridized carbons (Fsp3) is 0.0909. The molecule has 11 heteroatoms. The van der Waals surface area contributed by atoms with E-state index in [1.54, 1.807) is 30.3 Å². The van der Waals surface area contributed by atoms with Crippen molar-refractivity contribution in [2.24, 2.45) is 0 Å². The lowest BCUT2D eigenvalue weighted by atomic mass is 10.1. The Bertz CT molecular complexity index is 1300. The summed E-state index contributed by atoms with van der Waals surface area (Å²) in [5.41, 5.74) is 0.869. The highest BCUT2D eigenvalue weighted by molar-refractivity contribution is 8.18. The molecular formula is C22H14Cl2N2O6S. The highest BCUT2D eigenvalue weighted by Crippen LogP contribution is 2.38. The van der Waals surface area contributed by atoms with Crippen LogP contribution in [0, 0.1) is 10.1 Å². The van der Waals surface area contributed by atoms with Crippen molar-refractivity contribution in [2.75, 3.05) is 7.11 Å². The van der Waals surface area contributed by atoms with Crippen LogP contribution in [0.4, 0.5) is 10.5 Å². The zero-order chi connectivity index (χ0) is 23.7. The summed E-state index contributed by atoms with van der Waals surface area (Å²) in [6, 6.07) is 12.4. The molecule has 3 aromatic rings. The number of nitro groups is 1. The molecule has 0 N–H and O–H groups in total. The van der Waals surface area contributed by atoms with E-state index in [-0.39, 0.29) is 22.9 Å². The Morgan fingerprint density at radius 1 is 1.15 bits per heavy atom. The van der Waals surface area contributed by atoms with Gasteiger partial charge in [-0.25, -0.2) is 0 Å². The van der Waals surface area contributed by atoms with Gasteiger partial charge in [0.2, 0.25) is 0 Å². The van der Waals surface area contributed by atoms with Crippen LogP contribution in [0.5, 0.6) is 5.75 Å². The van der Waals surface area contributed by atoms with Crippen LogP contribution in [-0.4, -0.2) is 28.1 Å². The second kappa shape index (κ2) is 9.30. The van der Waals surface area contributed by atoms with Crippen molar-refractivity contribution >= 4 is 57.9 Å². The summed E-state index contributed by atoms with van der Waals surface area (Å²) in [6.07, 6.45) is 1.46. The van der Waals surface area contributed by atoms with Crippen molar-refractivity contribution in [3.63, 3.8) is 0 Å². The number of nitrogens with zero attached hydrogens (tertiary/aromatic N) is 2. The molecule has 1 fully saturated rings. The maximum absolute atomic E-state index is 12.8. The monoisotopic (exact) mass is 504 g/mol. The number of imide groups is 1. The van der Waals surface area contributed by atoms with E-state index in [0.717, 1.165) is 16.7 Å². The largest absolute Gasteiger partial charge is 0.496 e. The van der Waals surface area contributed by atoms with Gasteiger partial charge in [-0.05, 0) is 42.1 Å². The van der Waals surface area contributed by atoms with Crippen molar-refractivity contribution in [1.29, 1.82) is 0 Å². The molecule has 0 spiro atoms. The average Bonchev–Trinajstić information content (AvgIpc) is 3.35. The van der Waals surface area contributed by atoms with Gasteiger partial charge >= 0.3 is 0 Å². The number of thioether (sulfide) groups is 1. The number of carbonyl (C=O) groups is 2. The number of hydrogen-bond acceptors (Lipinski definition) is 7. The Balaban J connectivity index is 1.58. The Morgan fingerprint density at radius 3 is 2.55 bits per heavy atom. The van der Waals surface area contributed by atoms with Crippen LogP contribution in [0.2, 0.25) is 10.0 Å². The fourth-order valence-corrected chi connectivity index (χ4v) is 4.51. The summed E-state index contributed by atoms with van der Waals surface area (Å²) in [5.74, 6) is 0.482. The first-order chi connectivity index (χ1) is 15.8. The topological polar surface area (TPSA) is 103 Å². The van der Waals surface area contributed by atoms with Crippen molar-refractivity contribution in [3.8, 4) is 17.1 Å². The predicted octanol–water partition coefficient (Wildman–Crippen LogP) is 6.41. The van der Waals surface area contributed by atoms with Gasteiger partial charge < -0.3 is 9.15 Å². The number of benzene rings is 2. The lowest BCUT2D eigenvalue weighted by Crippen LogP contribution is -2.27. The summed E-state index contributed by atoms with van der Waals surface area (Å²) >= 11 is 13.1. The quantitative estimate of drug-likeness (QED) is 0.217. The molecule has 1 saturated heterocycles. The molecule has 0 unspecified atom stereocenters. The summed E-state index contributed by atoms with van der Waals surface area (Å²) in [4.78, 5) is 37.0. The maximum atomic E-state index is 12.8. The molecule has 33 heavy (non-hydrogen) atoms. The number of amides is 2. The Morgan fingerprint density at radius 2 is 1.88 bits per heavy atom. The minimum Gasteiger partial charge on any atom is -0.496 e. The van der Waals surface area contributed by atoms with Crippen molar-refractivity contribution in [1.82, 2.24) is 4.90 Å². The SMILES string of the molecule is COc1cc([N+](=O)[O-])ccc1-c1ccc(/C=C2\SC(=O)N(Cc3c(Cl)cccc3Cl)C2=O)o1. The number of halogens is 2. The van der Waals surface area contributed by atoms with Crippen molar-refractivity contribution < 1.29 is 23.7 Å². The fourth-order valence-electron chi connectivity index (χ4n) is 3.18. The zero-order valence-corrected chi connectivity index (χ0v) is 19.2. The lowest BCUT2D eigenvalue weighted by molar-refractivity contribution is -0.384. The van der Waals surface area contributed by atoms with Gasteiger partial charge in [0.15, 0.2) is 0 Å². The zero-order valence-electron chi connectivity index (χ0n) is 16.9. The number of ether oxygens (including phenoxy) is 1. The van der Waals surface area contributed by atoms with Crippen LogP contribution in [0.3, 0.4) is 0 Å². The minimum absolute atomic E-state index is 0.0517. The summed E-state index contributed by atoms with van der Waals surface area (Å²) in [6.45, 7) is -0.0517. The van der Waals surface area contributed by atoms with Gasteiger partial charge in [-0.15, -0.1) is 0 Å². The first-order valence-electron chi connectivity index (χ1n) is 9.39. The summed E-state index contributed by atoms with van der Waals surface area (Å²) in [5, 5.41) is 11.3. The van der Waals surface area contributed by atoms with Gasteiger partial charge in [-0.3, -0.25) is 24.6 Å². The summed E-state index contributed by atoms with van der Waals surface area (Å²) in [7, 11) is 1.40. The number of nitro benzene ring substituents is 1. The number of rotatable bonds is 6. The number of furan rings is 1. The van der Waals surface area contributed by atoms with Crippen LogP contribution >= 0.6 is 35.0 Å². The van der Waals surface area contributed by atoms with Crippen LogP contribution in [0.1, 0.15) is 11.3 Å². The van der Waals surface area contributed by atoms with Crippen molar-refractivity contribution in [3.05, 3.63) is 84.9 Å². The standard InChI is InChI=1S/C22H14Cl2N2O6S/c1-31-19-9-12(26(29)30)5-7-14(19)18-8-6-13(32-18)10-20-21(27)25(22(28)33-20)11-15-16(23)3-2-4-17(15)24/h2-10H,11H2,1H3/b20-10-. The number of methoxy groups -OCH3 is 1. The third-order valence-corrected chi connectivity index (χ3v) is 6.43. The number of hydrogen-bond donors (Lipinski definition) is 0. The molecule has 2 amide bonds. The van der Waals surface area contributed by atoms with E-state index in [1.807, 2.05) is 0 Å². The van der Waals surface area contributed by atoms with E-state index >= 15 is 0 Å².